The van der Waals surface area contributed by atoms with Gasteiger partial charge in [0.2, 0.25) is 11.9 Å². The maximum atomic E-state index is 13.3. The first-order valence-electron chi connectivity index (χ1n) is 11.7. The maximum Gasteiger partial charge on any atom is 0.277 e. The van der Waals surface area contributed by atoms with Gasteiger partial charge in [-0.15, -0.1) is 0 Å². The molecule has 3 N–H and O–H groups in total. The number of halogens is 1. The first-order valence-corrected chi connectivity index (χ1v) is 12.1. The molecule has 2 aromatic heterocycles. The van der Waals surface area contributed by atoms with Crippen molar-refractivity contribution in [2.75, 3.05) is 37.0 Å². The molecule has 0 radical (unpaired) electrons. The minimum absolute atomic E-state index is 0.161. The summed E-state index contributed by atoms with van der Waals surface area (Å²) in [6.45, 7) is 11.2. The number of ether oxygens (including phenoxy) is 1. The summed E-state index contributed by atoms with van der Waals surface area (Å²) in [4.78, 5) is 32.4. The van der Waals surface area contributed by atoms with E-state index in [1.54, 1.807) is 24.8 Å². The summed E-state index contributed by atoms with van der Waals surface area (Å²) in [5, 5.41) is 7.61. The SMILES string of the molecule is CCn1nc(C)c(Cl)c1C(=O)Nc1nc2cc(C(N)=O)cc3c2n1CC(C)(C)CN3CCCOC. The molecule has 0 fully saturated rings. The zero-order valence-corrected chi connectivity index (χ0v) is 21.6. The van der Waals surface area contributed by atoms with Crippen molar-refractivity contribution in [1.29, 1.82) is 0 Å². The van der Waals surface area contributed by atoms with Gasteiger partial charge in [0, 0.05) is 50.9 Å². The minimum Gasteiger partial charge on any atom is -0.385 e. The predicted molar refractivity (Wildman–Crippen MR) is 136 cm³/mol. The normalized spacial score (nSPS) is 14.9. The Bertz CT molecular complexity index is 1290. The van der Waals surface area contributed by atoms with Gasteiger partial charge in [0.15, 0.2) is 0 Å². The van der Waals surface area contributed by atoms with Crippen LogP contribution in [0.3, 0.4) is 0 Å². The number of nitrogens with one attached hydrogen (secondary N) is 1. The number of imidazole rings is 1. The van der Waals surface area contributed by atoms with Crippen LogP contribution in [0.4, 0.5) is 11.6 Å². The smallest absolute Gasteiger partial charge is 0.277 e. The third kappa shape index (κ3) is 4.72. The van der Waals surface area contributed by atoms with E-state index in [4.69, 9.17) is 27.1 Å². The summed E-state index contributed by atoms with van der Waals surface area (Å²) in [5.41, 5.74) is 9.04. The third-order valence-electron chi connectivity index (χ3n) is 6.22. The van der Waals surface area contributed by atoms with Crippen LogP contribution < -0.4 is 16.0 Å². The fraction of sp³-hybridized carbons (Fsp3) is 0.500. The molecule has 0 atom stereocenters. The Morgan fingerprint density at radius 2 is 2.03 bits per heavy atom. The number of benzene rings is 1. The fourth-order valence-electron chi connectivity index (χ4n) is 4.72. The Kier molecular flexibility index (Phi) is 6.79. The van der Waals surface area contributed by atoms with Gasteiger partial charge >= 0.3 is 0 Å². The molecule has 188 valence electrons. The number of methoxy groups -OCH3 is 1. The van der Waals surface area contributed by atoms with E-state index in [-0.39, 0.29) is 11.3 Å². The van der Waals surface area contributed by atoms with Gasteiger partial charge in [0.1, 0.15) is 5.69 Å². The van der Waals surface area contributed by atoms with Gasteiger partial charge in [0.05, 0.1) is 27.4 Å². The minimum atomic E-state index is -0.530. The number of rotatable bonds is 8. The highest BCUT2D eigenvalue weighted by Gasteiger charge is 2.32. The Hall–Kier alpha value is -3.11. The van der Waals surface area contributed by atoms with E-state index in [0.717, 1.165) is 30.7 Å². The highest BCUT2D eigenvalue weighted by molar-refractivity contribution is 6.34. The standard InChI is InChI=1S/C24H32ClN7O3/c1-6-32-20(18(25)14(2)29-32)22(34)28-23-27-16-10-15(21(26)33)11-17-19(16)31(23)13-24(3,4)12-30(17)8-7-9-35-5/h10-11H,6-9,12-13H2,1-5H3,(H2,26,33)(H,27,28,34). The summed E-state index contributed by atoms with van der Waals surface area (Å²) in [6.07, 6.45) is 0.825. The van der Waals surface area contributed by atoms with Gasteiger partial charge in [0.25, 0.3) is 5.91 Å². The van der Waals surface area contributed by atoms with Crippen LogP contribution >= 0.6 is 11.6 Å². The van der Waals surface area contributed by atoms with Gasteiger partial charge in [-0.3, -0.25) is 19.6 Å². The maximum absolute atomic E-state index is 13.3. The lowest BCUT2D eigenvalue weighted by molar-refractivity contribution is 0.0996. The molecule has 0 aliphatic carbocycles. The zero-order valence-electron chi connectivity index (χ0n) is 20.8. The zero-order chi connectivity index (χ0) is 25.5. The topological polar surface area (TPSA) is 120 Å². The van der Waals surface area contributed by atoms with Crippen molar-refractivity contribution in [3.63, 3.8) is 0 Å². The average Bonchev–Trinajstić information content (AvgIpc) is 3.23. The summed E-state index contributed by atoms with van der Waals surface area (Å²) < 4.78 is 8.85. The molecule has 4 rings (SSSR count). The van der Waals surface area contributed by atoms with Crippen LogP contribution in [-0.2, 0) is 17.8 Å². The van der Waals surface area contributed by atoms with Crippen LogP contribution in [0.25, 0.3) is 11.0 Å². The van der Waals surface area contributed by atoms with Crippen molar-refractivity contribution in [3.8, 4) is 0 Å². The van der Waals surface area contributed by atoms with Gasteiger partial charge in [-0.25, -0.2) is 4.98 Å². The van der Waals surface area contributed by atoms with Crippen LogP contribution in [0.5, 0.6) is 0 Å². The number of nitrogens with two attached hydrogens (primary N) is 1. The van der Waals surface area contributed by atoms with E-state index >= 15 is 0 Å². The molecule has 10 nitrogen and oxygen atoms in total. The van der Waals surface area contributed by atoms with E-state index in [0.29, 0.717) is 53.1 Å². The lowest BCUT2D eigenvalue weighted by Crippen LogP contribution is -2.36. The highest BCUT2D eigenvalue weighted by atomic mass is 35.5. The monoisotopic (exact) mass is 501 g/mol. The summed E-state index contributed by atoms with van der Waals surface area (Å²) in [7, 11) is 1.68. The second-order valence-electron chi connectivity index (χ2n) is 9.70. The third-order valence-corrected chi connectivity index (χ3v) is 6.68. The van der Waals surface area contributed by atoms with Crippen molar-refractivity contribution in [1.82, 2.24) is 19.3 Å². The number of carbonyl (C=O) groups is 2. The average molecular weight is 502 g/mol. The molecule has 3 aromatic rings. The second-order valence-corrected chi connectivity index (χ2v) is 10.1. The first-order chi connectivity index (χ1) is 16.6. The Balaban J connectivity index is 1.85. The van der Waals surface area contributed by atoms with E-state index in [2.05, 4.69) is 29.2 Å². The van der Waals surface area contributed by atoms with Crippen molar-refractivity contribution < 1.29 is 14.3 Å². The van der Waals surface area contributed by atoms with Gasteiger partial charge < -0.3 is 19.9 Å². The number of nitrogens with zero attached hydrogens (tertiary/aromatic N) is 5. The molecule has 0 saturated carbocycles. The summed E-state index contributed by atoms with van der Waals surface area (Å²) >= 11 is 6.41. The fourth-order valence-corrected chi connectivity index (χ4v) is 4.95. The molecular weight excluding hydrogens is 470 g/mol. The molecule has 0 unspecified atom stereocenters. The van der Waals surface area contributed by atoms with E-state index in [9.17, 15) is 9.59 Å². The predicted octanol–water partition coefficient (Wildman–Crippen LogP) is 3.45. The van der Waals surface area contributed by atoms with Gasteiger partial charge in [-0.05, 0) is 32.4 Å². The van der Waals surface area contributed by atoms with Crippen LogP contribution in [0.1, 0.15) is 53.7 Å². The van der Waals surface area contributed by atoms with E-state index in [1.165, 1.54) is 0 Å². The Labute approximate surface area is 209 Å². The molecule has 11 heteroatoms. The molecule has 1 aromatic carbocycles. The Morgan fingerprint density at radius 3 is 2.69 bits per heavy atom. The lowest BCUT2D eigenvalue weighted by atomic mass is 9.92. The van der Waals surface area contributed by atoms with Crippen molar-refractivity contribution in [3.05, 3.63) is 34.1 Å². The van der Waals surface area contributed by atoms with Crippen molar-refractivity contribution >= 4 is 46.1 Å². The number of aryl methyl sites for hydroxylation is 2. The number of anilines is 2. The molecular formula is C24H32ClN7O3. The number of aromatic nitrogens is 4. The van der Waals surface area contributed by atoms with E-state index < -0.39 is 5.91 Å². The molecule has 3 heterocycles. The van der Waals surface area contributed by atoms with Crippen molar-refractivity contribution in [2.45, 2.75) is 47.2 Å². The van der Waals surface area contributed by atoms with Crippen LogP contribution in [-0.4, -0.2) is 58.0 Å². The highest BCUT2D eigenvalue weighted by Crippen LogP contribution is 2.38. The summed E-state index contributed by atoms with van der Waals surface area (Å²) in [5.74, 6) is -0.533. The molecule has 1 aliphatic rings. The number of primary amides is 1. The molecule has 1 aliphatic heterocycles. The first kappa shape index (κ1) is 25.0. The van der Waals surface area contributed by atoms with Crippen LogP contribution in [0, 0.1) is 12.3 Å². The van der Waals surface area contributed by atoms with Gasteiger partial charge in [-0.1, -0.05) is 25.4 Å². The quantitative estimate of drug-likeness (QED) is 0.456. The molecule has 0 spiro atoms. The Morgan fingerprint density at radius 1 is 1.29 bits per heavy atom. The molecule has 35 heavy (non-hydrogen) atoms. The van der Waals surface area contributed by atoms with Crippen LogP contribution in [0.2, 0.25) is 5.02 Å². The largest absolute Gasteiger partial charge is 0.385 e. The summed E-state index contributed by atoms with van der Waals surface area (Å²) in [6, 6.07) is 3.49. The second kappa shape index (κ2) is 9.50. The van der Waals surface area contributed by atoms with E-state index in [1.807, 2.05) is 17.6 Å². The number of hydrogen-bond donors (Lipinski definition) is 2. The van der Waals surface area contributed by atoms with Crippen LogP contribution in [0.15, 0.2) is 12.1 Å². The molecule has 0 bridgehead atoms. The number of carbonyl (C=O) groups excluding carboxylic acids is 2. The number of hydrogen-bond acceptors (Lipinski definition) is 6. The van der Waals surface area contributed by atoms with Gasteiger partial charge in [-0.2, -0.15) is 5.10 Å². The molecule has 2 amide bonds. The number of amides is 2. The molecule has 0 saturated heterocycles. The van der Waals surface area contributed by atoms with Crippen molar-refractivity contribution in [2.24, 2.45) is 11.1 Å². The lowest BCUT2D eigenvalue weighted by Gasteiger charge is -2.32.